The molecular weight excluding hydrogens is 323 g/mol. The molecule has 0 amide bonds. The van der Waals surface area contributed by atoms with Gasteiger partial charge in [0.25, 0.3) is 0 Å². The van der Waals surface area contributed by atoms with Gasteiger partial charge in [0.05, 0.1) is 17.1 Å². The second-order valence-electron chi connectivity index (χ2n) is 4.35. The zero-order valence-corrected chi connectivity index (χ0v) is 12.8. The molecule has 0 saturated carbocycles. The average Bonchev–Trinajstić information content (AvgIpc) is 2.49. The molecule has 0 heterocycles. The summed E-state index contributed by atoms with van der Waals surface area (Å²) in [6.45, 7) is 2.05. The Labute approximate surface area is 125 Å². The summed E-state index contributed by atoms with van der Waals surface area (Å²) in [5.74, 6) is -0.416. The molecule has 0 atom stereocenters. The maximum absolute atomic E-state index is 13.5. The van der Waals surface area contributed by atoms with Crippen molar-refractivity contribution in [1.29, 1.82) is 0 Å². The van der Waals surface area contributed by atoms with Crippen molar-refractivity contribution < 1.29 is 13.9 Å². The smallest absolute Gasteiger partial charge is 0.196 e. The number of carbonyl (C=O) groups excluding carboxylic acids is 1. The van der Waals surface area contributed by atoms with E-state index in [0.717, 1.165) is 12.0 Å². The van der Waals surface area contributed by atoms with E-state index in [-0.39, 0.29) is 16.0 Å². The number of hydrogen-bond donors (Lipinski definition) is 0. The molecule has 2 nitrogen and oxygen atoms in total. The van der Waals surface area contributed by atoms with Crippen molar-refractivity contribution in [3.8, 4) is 5.75 Å². The quantitative estimate of drug-likeness (QED) is 0.774. The fraction of sp³-hybridized carbons (Fsp3) is 0.188. The van der Waals surface area contributed by atoms with E-state index in [0.29, 0.717) is 11.1 Å². The molecule has 0 aromatic heterocycles. The first-order valence-corrected chi connectivity index (χ1v) is 7.02. The highest BCUT2D eigenvalue weighted by molar-refractivity contribution is 9.10. The Morgan fingerprint density at radius 1 is 1.25 bits per heavy atom. The van der Waals surface area contributed by atoms with Crippen LogP contribution in [0.5, 0.6) is 5.75 Å². The van der Waals surface area contributed by atoms with Gasteiger partial charge in [-0.15, -0.1) is 0 Å². The van der Waals surface area contributed by atoms with Crippen LogP contribution in [0.4, 0.5) is 4.39 Å². The van der Waals surface area contributed by atoms with Crippen molar-refractivity contribution in [3.63, 3.8) is 0 Å². The standard InChI is InChI=1S/C16H14BrFO2/c1-3-10-4-6-11(7-5-10)16(19)12-8-13(17)14(18)9-15(12)20-2/h4-9H,3H2,1-2H3. The van der Waals surface area contributed by atoms with Gasteiger partial charge in [0.15, 0.2) is 5.78 Å². The number of methoxy groups -OCH3 is 1. The molecular formula is C16H14BrFO2. The second kappa shape index (κ2) is 6.18. The molecule has 0 unspecified atom stereocenters. The van der Waals surface area contributed by atoms with E-state index in [2.05, 4.69) is 22.9 Å². The Morgan fingerprint density at radius 2 is 1.90 bits per heavy atom. The summed E-state index contributed by atoms with van der Waals surface area (Å²) in [4.78, 5) is 12.5. The van der Waals surface area contributed by atoms with E-state index in [1.807, 2.05) is 12.1 Å². The zero-order chi connectivity index (χ0) is 14.7. The van der Waals surface area contributed by atoms with E-state index in [1.165, 1.54) is 19.2 Å². The molecule has 0 aliphatic carbocycles. The second-order valence-corrected chi connectivity index (χ2v) is 5.20. The van der Waals surface area contributed by atoms with Gasteiger partial charge in [-0.2, -0.15) is 0 Å². The van der Waals surface area contributed by atoms with Gasteiger partial charge in [0.1, 0.15) is 11.6 Å². The third-order valence-electron chi connectivity index (χ3n) is 3.11. The molecule has 2 aromatic rings. The molecule has 0 N–H and O–H groups in total. The Kier molecular flexibility index (Phi) is 4.55. The molecule has 0 saturated heterocycles. The third-order valence-corrected chi connectivity index (χ3v) is 3.72. The third kappa shape index (κ3) is 2.90. The van der Waals surface area contributed by atoms with Crippen molar-refractivity contribution in [1.82, 2.24) is 0 Å². The molecule has 0 spiro atoms. The van der Waals surface area contributed by atoms with Gasteiger partial charge < -0.3 is 4.74 Å². The van der Waals surface area contributed by atoms with Crippen molar-refractivity contribution in [2.75, 3.05) is 7.11 Å². The summed E-state index contributed by atoms with van der Waals surface area (Å²) in [6, 6.07) is 10.0. The first-order valence-electron chi connectivity index (χ1n) is 6.23. The summed E-state index contributed by atoms with van der Waals surface area (Å²) in [5.41, 5.74) is 2.05. The van der Waals surface area contributed by atoms with Crippen LogP contribution in [0.1, 0.15) is 28.4 Å². The Bertz CT molecular complexity index is 636. The summed E-state index contributed by atoms with van der Waals surface area (Å²) < 4.78 is 18.8. The minimum absolute atomic E-state index is 0.190. The van der Waals surface area contributed by atoms with Crippen LogP contribution in [0.15, 0.2) is 40.9 Å². The summed E-state index contributed by atoms with van der Waals surface area (Å²) in [6.07, 6.45) is 0.917. The van der Waals surface area contributed by atoms with Crippen LogP contribution in [0.25, 0.3) is 0 Å². The maximum atomic E-state index is 13.5. The molecule has 20 heavy (non-hydrogen) atoms. The van der Waals surface area contributed by atoms with Crippen LogP contribution >= 0.6 is 15.9 Å². The first-order chi connectivity index (χ1) is 9.56. The molecule has 2 rings (SSSR count). The Balaban J connectivity index is 2.44. The summed E-state index contributed by atoms with van der Waals surface area (Å²) in [5, 5.41) is 0. The maximum Gasteiger partial charge on any atom is 0.196 e. The fourth-order valence-electron chi connectivity index (χ4n) is 1.92. The number of carbonyl (C=O) groups is 1. The van der Waals surface area contributed by atoms with Crippen molar-refractivity contribution in [2.24, 2.45) is 0 Å². The van der Waals surface area contributed by atoms with Crippen molar-refractivity contribution in [3.05, 3.63) is 63.4 Å². The Hall–Kier alpha value is -1.68. The molecule has 0 fully saturated rings. The lowest BCUT2D eigenvalue weighted by molar-refractivity contribution is 0.103. The van der Waals surface area contributed by atoms with E-state index in [9.17, 15) is 9.18 Å². The van der Waals surface area contributed by atoms with Crippen molar-refractivity contribution >= 4 is 21.7 Å². The van der Waals surface area contributed by atoms with Gasteiger partial charge in [-0.05, 0) is 34.0 Å². The molecule has 104 valence electrons. The van der Waals surface area contributed by atoms with Crippen LogP contribution in [0.2, 0.25) is 0 Å². The zero-order valence-electron chi connectivity index (χ0n) is 11.2. The normalized spacial score (nSPS) is 10.4. The highest BCUT2D eigenvalue weighted by Crippen LogP contribution is 2.28. The fourth-order valence-corrected chi connectivity index (χ4v) is 2.27. The minimum atomic E-state index is -0.459. The number of benzene rings is 2. The highest BCUT2D eigenvalue weighted by atomic mass is 79.9. The van der Waals surface area contributed by atoms with Crippen LogP contribution in [-0.2, 0) is 6.42 Å². The van der Waals surface area contributed by atoms with Gasteiger partial charge in [-0.3, -0.25) is 4.79 Å². The topological polar surface area (TPSA) is 26.3 Å². The number of ether oxygens (including phenoxy) is 1. The van der Waals surface area contributed by atoms with Crippen LogP contribution < -0.4 is 4.74 Å². The van der Waals surface area contributed by atoms with E-state index >= 15 is 0 Å². The minimum Gasteiger partial charge on any atom is -0.496 e. The number of rotatable bonds is 4. The van der Waals surface area contributed by atoms with Crippen LogP contribution in [0, 0.1) is 5.82 Å². The molecule has 0 aliphatic rings. The lowest BCUT2D eigenvalue weighted by Crippen LogP contribution is -2.05. The van der Waals surface area contributed by atoms with E-state index in [1.54, 1.807) is 12.1 Å². The van der Waals surface area contributed by atoms with Gasteiger partial charge in [0.2, 0.25) is 0 Å². The number of aryl methyl sites for hydroxylation is 1. The number of ketones is 1. The van der Waals surface area contributed by atoms with Crippen LogP contribution in [0.3, 0.4) is 0 Å². The molecule has 0 radical (unpaired) electrons. The number of halogens is 2. The highest BCUT2D eigenvalue weighted by Gasteiger charge is 2.17. The van der Waals surface area contributed by atoms with Gasteiger partial charge in [-0.1, -0.05) is 31.2 Å². The lowest BCUT2D eigenvalue weighted by Gasteiger charge is -2.09. The van der Waals surface area contributed by atoms with E-state index in [4.69, 9.17) is 4.74 Å². The summed E-state index contributed by atoms with van der Waals surface area (Å²) in [7, 11) is 1.42. The lowest BCUT2D eigenvalue weighted by atomic mass is 10.0. The van der Waals surface area contributed by atoms with Gasteiger partial charge in [0, 0.05) is 11.6 Å². The Morgan fingerprint density at radius 3 is 2.45 bits per heavy atom. The predicted molar refractivity (Wildman–Crippen MR) is 79.9 cm³/mol. The molecule has 0 aliphatic heterocycles. The molecule has 2 aromatic carbocycles. The predicted octanol–water partition coefficient (Wildman–Crippen LogP) is 4.39. The summed E-state index contributed by atoms with van der Waals surface area (Å²) >= 11 is 3.09. The average molecular weight is 337 g/mol. The van der Waals surface area contributed by atoms with Gasteiger partial charge in [-0.25, -0.2) is 4.39 Å². The first kappa shape index (κ1) is 14.7. The largest absolute Gasteiger partial charge is 0.496 e. The van der Waals surface area contributed by atoms with E-state index < -0.39 is 5.82 Å². The number of hydrogen-bond acceptors (Lipinski definition) is 2. The molecule has 4 heteroatoms. The van der Waals surface area contributed by atoms with Gasteiger partial charge >= 0.3 is 0 Å². The van der Waals surface area contributed by atoms with Crippen LogP contribution in [-0.4, -0.2) is 12.9 Å². The molecule has 0 bridgehead atoms. The monoisotopic (exact) mass is 336 g/mol. The van der Waals surface area contributed by atoms with Crippen molar-refractivity contribution in [2.45, 2.75) is 13.3 Å². The SMILES string of the molecule is CCc1ccc(C(=O)c2cc(Br)c(F)cc2OC)cc1.